The highest BCUT2D eigenvalue weighted by atomic mass is 16.3. The number of hydrogen-bond donors (Lipinski definition) is 1. The molecule has 4 nitrogen and oxygen atoms in total. The van der Waals surface area contributed by atoms with E-state index in [0.717, 1.165) is 17.5 Å². The van der Waals surface area contributed by atoms with Gasteiger partial charge >= 0.3 is 0 Å². The Bertz CT molecular complexity index is 839. The summed E-state index contributed by atoms with van der Waals surface area (Å²) in [5, 5.41) is 10.8. The molecule has 1 aliphatic heterocycles. The number of aryl methyl sites for hydroxylation is 1. The van der Waals surface area contributed by atoms with Gasteiger partial charge in [0.05, 0.1) is 11.6 Å². The molecule has 25 heavy (non-hydrogen) atoms. The van der Waals surface area contributed by atoms with E-state index < -0.39 is 17.7 Å². The molecule has 1 atom stereocenters. The summed E-state index contributed by atoms with van der Waals surface area (Å²) in [6, 6.07) is 16.0. The van der Waals surface area contributed by atoms with Crippen molar-refractivity contribution in [2.45, 2.75) is 26.3 Å². The molecule has 3 rings (SSSR count). The van der Waals surface area contributed by atoms with Gasteiger partial charge in [0.2, 0.25) is 0 Å². The molecule has 128 valence electrons. The predicted molar refractivity (Wildman–Crippen MR) is 96.9 cm³/mol. The zero-order valence-electron chi connectivity index (χ0n) is 14.4. The number of ketones is 1. The van der Waals surface area contributed by atoms with Crippen molar-refractivity contribution in [1.82, 2.24) is 4.90 Å². The predicted octanol–water partition coefficient (Wildman–Crippen LogP) is 3.83. The Labute approximate surface area is 147 Å². The first-order chi connectivity index (χ1) is 12.0. The van der Waals surface area contributed by atoms with Gasteiger partial charge in [0.15, 0.2) is 0 Å². The van der Waals surface area contributed by atoms with Crippen molar-refractivity contribution < 1.29 is 14.7 Å². The van der Waals surface area contributed by atoms with Crippen LogP contribution in [-0.2, 0) is 9.59 Å². The Morgan fingerprint density at radius 3 is 2.44 bits per heavy atom. The summed E-state index contributed by atoms with van der Waals surface area (Å²) >= 11 is 0. The highest BCUT2D eigenvalue weighted by Crippen LogP contribution is 2.39. The molecule has 2 aromatic rings. The molecular weight excluding hydrogens is 314 g/mol. The molecule has 1 aliphatic rings. The monoisotopic (exact) mass is 335 g/mol. The summed E-state index contributed by atoms with van der Waals surface area (Å²) in [5.74, 6) is -1.30. The number of aliphatic hydroxyl groups excluding tert-OH is 1. The van der Waals surface area contributed by atoms with Crippen LogP contribution in [0.3, 0.4) is 0 Å². The Kier molecular flexibility index (Phi) is 4.70. The standard InChI is InChI=1S/C21H21NO3/c1-3-12-22-18(16-11-7-8-14(2)13-16)17(20(24)21(22)25)19(23)15-9-5-4-6-10-15/h4-11,13,18,23H,3,12H2,1-2H3/b19-17-. The van der Waals surface area contributed by atoms with E-state index >= 15 is 0 Å². The third-order valence-electron chi connectivity index (χ3n) is 4.41. The minimum atomic E-state index is -0.624. The van der Waals surface area contributed by atoms with E-state index in [0.29, 0.717) is 12.1 Å². The first-order valence-corrected chi connectivity index (χ1v) is 8.45. The van der Waals surface area contributed by atoms with Gasteiger partial charge in [-0.1, -0.05) is 67.1 Å². The molecule has 4 heteroatoms. The number of amides is 1. The molecule has 0 radical (unpaired) electrons. The van der Waals surface area contributed by atoms with E-state index in [2.05, 4.69) is 0 Å². The smallest absolute Gasteiger partial charge is 0.295 e. The van der Waals surface area contributed by atoms with Crippen LogP contribution in [0, 0.1) is 6.92 Å². The summed E-state index contributed by atoms with van der Waals surface area (Å²) in [4.78, 5) is 26.8. The summed E-state index contributed by atoms with van der Waals surface area (Å²) in [6.07, 6.45) is 0.737. The first kappa shape index (κ1) is 17.0. The van der Waals surface area contributed by atoms with Crippen LogP contribution in [0.15, 0.2) is 60.2 Å². The Morgan fingerprint density at radius 1 is 1.08 bits per heavy atom. The van der Waals surface area contributed by atoms with Crippen molar-refractivity contribution in [2.24, 2.45) is 0 Å². The van der Waals surface area contributed by atoms with E-state index in [-0.39, 0.29) is 11.3 Å². The molecule has 1 saturated heterocycles. The largest absolute Gasteiger partial charge is 0.507 e. The summed E-state index contributed by atoms with van der Waals surface area (Å²) in [6.45, 7) is 4.39. The number of hydrogen-bond acceptors (Lipinski definition) is 3. The van der Waals surface area contributed by atoms with Crippen LogP contribution in [0.2, 0.25) is 0 Å². The summed E-state index contributed by atoms with van der Waals surface area (Å²) < 4.78 is 0. The molecule has 0 spiro atoms. The molecule has 1 N–H and O–H groups in total. The molecule has 0 saturated carbocycles. The van der Waals surface area contributed by atoms with E-state index in [1.54, 1.807) is 29.2 Å². The van der Waals surface area contributed by atoms with Gasteiger partial charge in [0.25, 0.3) is 11.7 Å². The number of rotatable bonds is 4. The highest BCUT2D eigenvalue weighted by molar-refractivity contribution is 6.46. The quantitative estimate of drug-likeness (QED) is 0.525. The number of Topliss-reactive ketones (excluding diaryl/α,β-unsaturated/α-hetero) is 1. The lowest BCUT2D eigenvalue weighted by Gasteiger charge is -2.25. The second kappa shape index (κ2) is 6.93. The maximum atomic E-state index is 12.7. The van der Waals surface area contributed by atoms with Gasteiger partial charge in [-0.15, -0.1) is 0 Å². The van der Waals surface area contributed by atoms with E-state index in [4.69, 9.17) is 0 Å². The van der Waals surface area contributed by atoms with E-state index in [1.165, 1.54) is 0 Å². The molecular formula is C21H21NO3. The molecule has 1 heterocycles. The molecule has 0 aliphatic carbocycles. The second-order valence-electron chi connectivity index (χ2n) is 6.27. The van der Waals surface area contributed by atoms with Crippen molar-refractivity contribution >= 4 is 17.4 Å². The number of carbonyl (C=O) groups is 2. The average molecular weight is 335 g/mol. The van der Waals surface area contributed by atoms with Crippen LogP contribution >= 0.6 is 0 Å². The molecule has 1 fully saturated rings. The fraction of sp³-hybridized carbons (Fsp3) is 0.238. The Morgan fingerprint density at radius 2 is 1.80 bits per heavy atom. The number of likely N-dealkylation sites (tertiary alicyclic amines) is 1. The SMILES string of the molecule is CCCN1C(=O)C(=O)/C(=C(\O)c2ccccc2)C1c1cccc(C)c1. The lowest BCUT2D eigenvalue weighted by atomic mass is 9.94. The maximum Gasteiger partial charge on any atom is 0.295 e. The minimum Gasteiger partial charge on any atom is -0.507 e. The normalized spacial score (nSPS) is 19.4. The first-order valence-electron chi connectivity index (χ1n) is 8.45. The number of nitrogens with zero attached hydrogens (tertiary/aromatic N) is 1. The van der Waals surface area contributed by atoms with Crippen LogP contribution in [0.4, 0.5) is 0 Å². The lowest BCUT2D eigenvalue weighted by molar-refractivity contribution is -0.139. The summed E-state index contributed by atoms with van der Waals surface area (Å²) in [5.41, 5.74) is 2.58. The van der Waals surface area contributed by atoms with Crippen LogP contribution in [-0.4, -0.2) is 28.2 Å². The maximum absolute atomic E-state index is 12.7. The Hall–Kier alpha value is -2.88. The van der Waals surface area contributed by atoms with Gasteiger partial charge in [-0.05, 0) is 18.9 Å². The minimum absolute atomic E-state index is 0.121. The number of benzene rings is 2. The fourth-order valence-corrected chi connectivity index (χ4v) is 3.29. The molecule has 1 unspecified atom stereocenters. The van der Waals surface area contributed by atoms with Gasteiger partial charge in [0.1, 0.15) is 5.76 Å². The van der Waals surface area contributed by atoms with Crippen LogP contribution < -0.4 is 0 Å². The highest BCUT2D eigenvalue weighted by Gasteiger charge is 2.45. The van der Waals surface area contributed by atoms with Gasteiger partial charge in [-0.3, -0.25) is 9.59 Å². The van der Waals surface area contributed by atoms with Crippen molar-refractivity contribution in [2.75, 3.05) is 6.54 Å². The van der Waals surface area contributed by atoms with Gasteiger partial charge < -0.3 is 10.0 Å². The van der Waals surface area contributed by atoms with Crippen LogP contribution in [0.5, 0.6) is 0 Å². The van der Waals surface area contributed by atoms with Crippen molar-refractivity contribution in [1.29, 1.82) is 0 Å². The lowest BCUT2D eigenvalue weighted by Crippen LogP contribution is -2.30. The fourth-order valence-electron chi connectivity index (χ4n) is 3.29. The third kappa shape index (κ3) is 3.07. The zero-order valence-corrected chi connectivity index (χ0v) is 14.4. The van der Waals surface area contributed by atoms with Crippen molar-refractivity contribution in [3.8, 4) is 0 Å². The molecule has 1 amide bonds. The van der Waals surface area contributed by atoms with Crippen LogP contribution in [0.25, 0.3) is 5.76 Å². The van der Waals surface area contributed by atoms with Gasteiger partial charge in [-0.25, -0.2) is 0 Å². The Balaban J connectivity index is 2.20. The topological polar surface area (TPSA) is 57.6 Å². The number of carbonyl (C=O) groups excluding carboxylic acids is 2. The second-order valence-corrected chi connectivity index (χ2v) is 6.27. The number of aliphatic hydroxyl groups is 1. The summed E-state index contributed by atoms with van der Waals surface area (Å²) in [7, 11) is 0. The average Bonchev–Trinajstić information content (AvgIpc) is 2.87. The molecule has 2 aromatic carbocycles. The van der Waals surface area contributed by atoms with Crippen molar-refractivity contribution in [3.05, 3.63) is 76.9 Å². The molecule has 0 aromatic heterocycles. The van der Waals surface area contributed by atoms with Crippen molar-refractivity contribution in [3.63, 3.8) is 0 Å². The van der Waals surface area contributed by atoms with E-state index in [1.807, 2.05) is 44.2 Å². The van der Waals surface area contributed by atoms with Gasteiger partial charge in [0, 0.05) is 12.1 Å². The van der Waals surface area contributed by atoms with Gasteiger partial charge in [-0.2, -0.15) is 0 Å². The third-order valence-corrected chi connectivity index (χ3v) is 4.41. The van der Waals surface area contributed by atoms with Crippen LogP contribution in [0.1, 0.15) is 36.1 Å². The molecule has 0 bridgehead atoms. The van der Waals surface area contributed by atoms with E-state index in [9.17, 15) is 14.7 Å². The zero-order chi connectivity index (χ0) is 18.0.